The van der Waals surface area contributed by atoms with Gasteiger partial charge < -0.3 is 21.5 Å². The molecule has 1 aromatic carbocycles. The molecule has 5 N–H and O–H groups in total. The van der Waals surface area contributed by atoms with E-state index in [1.54, 1.807) is 7.11 Å². The number of hydrogen-bond donors (Lipinski definition) is 3. The van der Waals surface area contributed by atoms with Crippen molar-refractivity contribution in [3.63, 3.8) is 0 Å². The highest BCUT2D eigenvalue weighted by molar-refractivity contribution is 5.37. The van der Waals surface area contributed by atoms with Gasteiger partial charge in [-0.15, -0.1) is 0 Å². The van der Waals surface area contributed by atoms with Gasteiger partial charge in [0.1, 0.15) is 5.75 Å². The van der Waals surface area contributed by atoms with Crippen LogP contribution in [0.3, 0.4) is 0 Å². The summed E-state index contributed by atoms with van der Waals surface area (Å²) >= 11 is 0. The molecule has 0 bridgehead atoms. The normalized spacial score (nSPS) is 12.4. The van der Waals surface area contributed by atoms with Gasteiger partial charge in [-0.05, 0) is 36.6 Å². The Kier molecular flexibility index (Phi) is 6.72. The first kappa shape index (κ1) is 15.0. The summed E-state index contributed by atoms with van der Waals surface area (Å²) in [6.45, 7) is 4.35. The molecule has 0 saturated heterocycles. The molecule has 0 heterocycles. The summed E-state index contributed by atoms with van der Waals surface area (Å²) in [4.78, 5) is 0. The van der Waals surface area contributed by atoms with Gasteiger partial charge >= 0.3 is 0 Å². The van der Waals surface area contributed by atoms with Crippen LogP contribution in [0.2, 0.25) is 0 Å². The van der Waals surface area contributed by atoms with E-state index in [1.165, 1.54) is 11.1 Å². The van der Waals surface area contributed by atoms with E-state index in [9.17, 15) is 0 Å². The van der Waals surface area contributed by atoms with Crippen LogP contribution in [-0.2, 0) is 12.8 Å². The van der Waals surface area contributed by atoms with Gasteiger partial charge in [0.25, 0.3) is 0 Å². The highest BCUT2D eigenvalue weighted by Crippen LogP contribution is 2.20. The smallest absolute Gasteiger partial charge is 0.122 e. The van der Waals surface area contributed by atoms with E-state index in [2.05, 4.69) is 24.4 Å². The van der Waals surface area contributed by atoms with E-state index in [1.807, 2.05) is 6.07 Å². The summed E-state index contributed by atoms with van der Waals surface area (Å²) < 4.78 is 5.32. The van der Waals surface area contributed by atoms with Crippen LogP contribution in [-0.4, -0.2) is 32.8 Å². The molecular weight excluding hydrogens is 226 g/mol. The molecule has 102 valence electrons. The molecule has 4 heteroatoms. The number of aryl methyl sites for hydroxylation is 1. The molecule has 1 atom stereocenters. The van der Waals surface area contributed by atoms with Crippen LogP contribution >= 0.6 is 0 Å². The van der Waals surface area contributed by atoms with Crippen LogP contribution in [0.4, 0.5) is 0 Å². The molecule has 1 rings (SSSR count). The quantitative estimate of drug-likeness (QED) is 0.594. The van der Waals surface area contributed by atoms with E-state index in [0.29, 0.717) is 6.54 Å². The number of hydrogen-bond acceptors (Lipinski definition) is 4. The number of ether oxygens (including phenoxy) is 1. The minimum atomic E-state index is 0.0482. The second-order valence-electron chi connectivity index (χ2n) is 4.45. The maximum absolute atomic E-state index is 5.73. The summed E-state index contributed by atoms with van der Waals surface area (Å²) in [7, 11) is 1.71. The summed E-state index contributed by atoms with van der Waals surface area (Å²) in [5, 5.41) is 3.31. The Balaban J connectivity index is 2.43. The van der Waals surface area contributed by atoms with Gasteiger partial charge in [0.2, 0.25) is 0 Å². The molecule has 4 nitrogen and oxygen atoms in total. The number of rotatable bonds is 8. The highest BCUT2D eigenvalue weighted by atomic mass is 16.5. The second-order valence-corrected chi connectivity index (χ2v) is 4.45. The zero-order chi connectivity index (χ0) is 13.4. The van der Waals surface area contributed by atoms with Gasteiger partial charge in [0, 0.05) is 19.1 Å². The van der Waals surface area contributed by atoms with Crippen molar-refractivity contribution < 1.29 is 4.74 Å². The molecular formula is C14H25N3O. The van der Waals surface area contributed by atoms with Crippen molar-refractivity contribution in [3.8, 4) is 5.75 Å². The van der Waals surface area contributed by atoms with E-state index in [-0.39, 0.29) is 6.04 Å². The number of nitrogens with two attached hydrogens (primary N) is 2. The Morgan fingerprint density at radius 2 is 2.17 bits per heavy atom. The van der Waals surface area contributed by atoms with Crippen LogP contribution in [0.15, 0.2) is 18.2 Å². The minimum Gasteiger partial charge on any atom is -0.496 e. The molecule has 1 aromatic rings. The SMILES string of the molecule is CCc1cc(CCNCC(N)CN)ccc1OC. The average molecular weight is 251 g/mol. The molecule has 0 fully saturated rings. The number of methoxy groups -OCH3 is 1. The number of nitrogens with one attached hydrogen (secondary N) is 1. The van der Waals surface area contributed by atoms with Gasteiger partial charge in [-0.25, -0.2) is 0 Å². The van der Waals surface area contributed by atoms with Crippen LogP contribution in [0.5, 0.6) is 5.75 Å². The second kappa shape index (κ2) is 8.08. The Hall–Kier alpha value is -1.10. The molecule has 0 amide bonds. The maximum atomic E-state index is 5.73. The molecule has 0 aliphatic rings. The topological polar surface area (TPSA) is 73.3 Å². The fourth-order valence-corrected chi connectivity index (χ4v) is 1.87. The van der Waals surface area contributed by atoms with Crippen LogP contribution in [0.25, 0.3) is 0 Å². The average Bonchev–Trinajstić information content (AvgIpc) is 2.42. The fourth-order valence-electron chi connectivity index (χ4n) is 1.87. The third-order valence-electron chi connectivity index (χ3n) is 3.03. The predicted molar refractivity (Wildman–Crippen MR) is 76.0 cm³/mol. The van der Waals surface area contributed by atoms with E-state index in [0.717, 1.165) is 31.7 Å². The lowest BCUT2D eigenvalue weighted by Crippen LogP contribution is -2.40. The van der Waals surface area contributed by atoms with Crippen molar-refractivity contribution in [1.29, 1.82) is 0 Å². The summed E-state index contributed by atoms with van der Waals surface area (Å²) in [6, 6.07) is 6.41. The third-order valence-corrected chi connectivity index (χ3v) is 3.03. The Morgan fingerprint density at radius 1 is 1.39 bits per heavy atom. The van der Waals surface area contributed by atoms with Crippen molar-refractivity contribution in [2.75, 3.05) is 26.7 Å². The van der Waals surface area contributed by atoms with Gasteiger partial charge in [-0.2, -0.15) is 0 Å². The molecule has 0 radical (unpaired) electrons. The van der Waals surface area contributed by atoms with E-state index in [4.69, 9.17) is 16.2 Å². The molecule has 0 aromatic heterocycles. The van der Waals surface area contributed by atoms with Crippen molar-refractivity contribution in [1.82, 2.24) is 5.32 Å². The van der Waals surface area contributed by atoms with E-state index < -0.39 is 0 Å². The van der Waals surface area contributed by atoms with Crippen molar-refractivity contribution in [2.45, 2.75) is 25.8 Å². The first-order valence-electron chi connectivity index (χ1n) is 6.53. The first-order valence-corrected chi connectivity index (χ1v) is 6.53. The summed E-state index contributed by atoms with van der Waals surface area (Å²) in [6.07, 6.45) is 1.98. The monoisotopic (exact) mass is 251 g/mol. The lowest BCUT2D eigenvalue weighted by molar-refractivity contribution is 0.410. The van der Waals surface area contributed by atoms with E-state index >= 15 is 0 Å². The lowest BCUT2D eigenvalue weighted by atomic mass is 10.1. The predicted octanol–water partition coefficient (Wildman–Crippen LogP) is 0.676. The Bertz CT molecular complexity index is 355. The molecule has 0 spiro atoms. The van der Waals surface area contributed by atoms with Crippen LogP contribution < -0.4 is 21.5 Å². The standard InChI is InChI=1S/C14H25N3O/c1-3-12-8-11(4-5-14(12)18-2)6-7-17-10-13(16)9-15/h4-5,8,13,17H,3,6-7,9-10,15-16H2,1-2H3. The Morgan fingerprint density at radius 3 is 2.78 bits per heavy atom. The zero-order valence-electron chi connectivity index (χ0n) is 11.4. The zero-order valence-corrected chi connectivity index (χ0v) is 11.4. The molecule has 0 aliphatic carbocycles. The first-order chi connectivity index (χ1) is 8.71. The minimum absolute atomic E-state index is 0.0482. The lowest BCUT2D eigenvalue weighted by Gasteiger charge is -2.11. The largest absolute Gasteiger partial charge is 0.496 e. The van der Waals surface area contributed by atoms with Crippen molar-refractivity contribution in [3.05, 3.63) is 29.3 Å². The highest BCUT2D eigenvalue weighted by Gasteiger charge is 2.03. The van der Waals surface area contributed by atoms with Gasteiger partial charge in [0.05, 0.1) is 7.11 Å². The van der Waals surface area contributed by atoms with Crippen molar-refractivity contribution >= 4 is 0 Å². The third kappa shape index (κ3) is 4.64. The van der Waals surface area contributed by atoms with Crippen LogP contribution in [0.1, 0.15) is 18.1 Å². The fraction of sp³-hybridized carbons (Fsp3) is 0.571. The number of benzene rings is 1. The molecule has 0 saturated carbocycles. The summed E-state index contributed by atoms with van der Waals surface area (Å²) in [5.41, 5.74) is 13.8. The molecule has 1 unspecified atom stereocenters. The molecule has 0 aliphatic heterocycles. The molecule has 18 heavy (non-hydrogen) atoms. The summed E-state index contributed by atoms with van der Waals surface area (Å²) in [5.74, 6) is 0.972. The van der Waals surface area contributed by atoms with Crippen molar-refractivity contribution in [2.24, 2.45) is 11.5 Å². The van der Waals surface area contributed by atoms with Gasteiger partial charge in [0.15, 0.2) is 0 Å². The van der Waals surface area contributed by atoms with Crippen LogP contribution in [0, 0.1) is 0 Å². The Labute approximate surface area is 110 Å². The van der Waals surface area contributed by atoms with Gasteiger partial charge in [-0.1, -0.05) is 19.1 Å². The maximum Gasteiger partial charge on any atom is 0.122 e. The van der Waals surface area contributed by atoms with Gasteiger partial charge in [-0.3, -0.25) is 0 Å².